The van der Waals surface area contributed by atoms with Crippen LogP contribution in [0.5, 0.6) is 0 Å². The molecular formula is C19H33IN4O. The normalized spacial score (nSPS) is 16.3. The van der Waals surface area contributed by atoms with Gasteiger partial charge in [0.25, 0.3) is 0 Å². The minimum Gasteiger partial charge on any atom is -0.382 e. The molecule has 0 aliphatic heterocycles. The van der Waals surface area contributed by atoms with E-state index in [4.69, 9.17) is 4.74 Å². The number of aliphatic imine (C=N–C) groups is 1. The summed E-state index contributed by atoms with van der Waals surface area (Å²) in [5.74, 6) is 0.880. The van der Waals surface area contributed by atoms with Gasteiger partial charge in [0, 0.05) is 32.5 Å². The van der Waals surface area contributed by atoms with Gasteiger partial charge in [-0.15, -0.1) is 24.0 Å². The van der Waals surface area contributed by atoms with Crippen molar-refractivity contribution >= 4 is 29.9 Å². The highest BCUT2D eigenvalue weighted by Crippen LogP contribution is 2.40. The summed E-state index contributed by atoms with van der Waals surface area (Å²) in [6.07, 6.45) is 8.17. The summed E-state index contributed by atoms with van der Waals surface area (Å²) in [5.41, 5.74) is 1.35. The molecule has 0 spiro atoms. The fourth-order valence-corrected chi connectivity index (χ4v) is 3.34. The van der Waals surface area contributed by atoms with E-state index >= 15 is 0 Å². The molecule has 6 heteroatoms. The third-order valence-electron chi connectivity index (χ3n) is 4.75. The smallest absolute Gasteiger partial charge is 0.191 e. The fraction of sp³-hybridized carbons (Fsp3) is 0.684. The molecule has 2 rings (SSSR count). The molecule has 5 nitrogen and oxygen atoms in total. The quantitative estimate of drug-likeness (QED) is 0.255. The van der Waals surface area contributed by atoms with Crippen molar-refractivity contribution in [1.29, 1.82) is 0 Å². The molecule has 1 aromatic heterocycles. The van der Waals surface area contributed by atoms with Gasteiger partial charge in [-0.1, -0.05) is 18.9 Å². The highest BCUT2D eigenvalue weighted by atomic mass is 127. The number of ether oxygens (including phenoxy) is 1. The highest BCUT2D eigenvalue weighted by molar-refractivity contribution is 14.0. The number of guanidine groups is 1. The predicted molar refractivity (Wildman–Crippen MR) is 114 cm³/mol. The summed E-state index contributed by atoms with van der Waals surface area (Å²) in [6.45, 7) is 8.25. The van der Waals surface area contributed by atoms with E-state index in [-0.39, 0.29) is 24.0 Å². The van der Waals surface area contributed by atoms with Crippen molar-refractivity contribution in [3.8, 4) is 0 Å². The zero-order valence-electron chi connectivity index (χ0n) is 15.6. The maximum atomic E-state index is 5.60. The van der Waals surface area contributed by atoms with Crippen LogP contribution in [0.3, 0.4) is 0 Å². The van der Waals surface area contributed by atoms with E-state index in [0.29, 0.717) is 12.0 Å². The topological polar surface area (TPSA) is 58.5 Å². The van der Waals surface area contributed by atoms with Crippen molar-refractivity contribution in [2.45, 2.75) is 52.5 Å². The Morgan fingerprint density at radius 2 is 2.04 bits per heavy atom. The summed E-state index contributed by atoms with van der Waals surface area (Å²) in [5, 5.41) is 6.90. The van der Waals surface area contributed by atoms with Crippen molar-refractivity contribution in [3.63, 3.8) is 0 Å². The second-order valence-electron chi connectivity index (χ2n) is 6.52. The number of pyridine rings is 1. The molecule has 0 unspecified atom stereocenters. The van der Waals surface area contributed by atoms with Gasteiger partial charge in [-0.05, 0) is 50.7 Å². The van der Waals surface area contributed by atoms with Crippen LogP contribution in [0.25, 0.3) is 0 Å². The van der Waals surface area contributed by atoms with Crippen LogP contribution in [-0.4, -0.2) is 37.2 Å². The van der Waals surface area contributed by atoms with E-state index in [0.717, 1.165) is 44.4 Å². The average molecular weight is 460 g/mol. The van der Waals surface area contributed by atoms with Gasteiger partial charge in [0.05, 0.1) is 12.2 Å². The Bertz CT molecular complexity index is 489. The number of nitrogens with one attached hydrogen (secondary N) is 2. The van der Waals surface area contributed by atoms with Crippen molar-refractivity contribution < 1.29 is 4.74 Å². The average Bonchev–Trinajstić information content (AvgIpc) is 3.08. The van der Waals surface area contributed by atoms with Gasteiger partial charge in [0.1, 0.15) is 0 Å². The molecule has 142 valence electrons. The van der Waals surface area contributed by atoms with Crippen LogP contribution >= 0.6 is 24.0 Å². The van der Waals surface area contributed by atoms with Crippen molar-refractivity contribution in [2.24, 2.45) is 10.4 Å². The van der Waals surface area contributed by atoms with Gasteiger partial charge in [-0.3, -0.25) is 4.98 Å². The maximum Gasteiger partial charge on any atom is 0.191 e. The van der Waals surface area contributed by atoms with E-state index in [9.17, 15) is 0 Å². The molecule has 1 fully saturated rings. The molecule has 1 saturated carbocycles. The number of hydrogen-bond acceptors (Lipinski definition) is 3. The molecule has 0 saturated heterocycles. The first-order valence-electron chi connectivity index (χ1n) is 9.28. The Morgan fingerprint density at radius 3 is 2.68 bits per heavy atom. The highest BCUT2D eigenvalue weighted by Gasteiger charge is 2.33. The van der Waals surface area contributed by atoms with Crippen LogP contribution < -0.4 is 10.6 Å². The molecule has 1 aromatic rings. The Kier molecular flexibility index (Phi) is 11.0. The largest absolute Gasteiger partial charge is 0.382 e. The minimum atomic E-state index is 0. The summed E-state index contributed by atoms with van der Waals surface area (Å²) >= 11 is 0. The van der Waals surface area contributed by atoms with Crippen LogP contribution in [-0.2, 0) is 11.3 Å². The summed E-state index contributed by atoms with van der Waals surface area (Å²) in [6, 6.07) is 5.94. The fourth-order valence-electron chi connectivity index (χ4n) is 3.34. The third-order valence-corrected chi connectivity index (χ3v) is 4.75. The van der Waals surface area contributed by atoms with Crippen LogP contribution in [0.2, 0.25) is 0 Å². The Balaban J connectivity index is 0.00000312. The molecule has 2 N–H and O–H groups in total. The van der Waals surface area contributed by atoms with E-state index in [1.54, 1.807) is 0 Å². The lowest BCUT2D eigenvalue weighted by atomic mass is 9.83. The molecule has 1 heterocycles. The molecule has 0 bridgehead atoms. The van der Waals surface area contributed by atoms with Gasteiger partial charge < -0.3 is 15.4 Å². The zero-order chi connectivity index (χ0) is 17.1. The van der Waals surface area contributed by atoms with E-state index in [2.05, 4.69) is 34.5 Å². The van der Waals surface area contributed by atoms with Crippen molar-refractivity contribution in [2.75, 3.05) is 26.3 Å². The van der Waals surface area contributed by atoms with Crippen molar-refractivity contribution in [3.05, 3.63) is 30.1 Å². The van der Waals surface area contributed by atoms with Crippen LogP contribution in [0.4, 0.5) is 0 Å². The van der Waals surface area contributed by atoms with Crippen molar-refractivity contribution in [1.82, 2.24) is 15.6 Å². The molecule has 25 heavy (non-hydrogen) atoms. The first kappa shape index (κ1) is 22.2. The van der Waals surface area contributed by atoms with Gasteiger partial charge in [0.2, 0.25) is 0 Å². The van der Waals surface area contributed by atoms with Crippen LogP contribution in [0.1, 0.15) is 51.6 Å². The minimum absolute atomic E-state index is 0. The maximum absolute atomic E-state index is 5.60. The third kappa shape index (κ3) is 7.90. The molecule has 0 radical (unpaired) electrons. The van der Waals surface area contributed by atoms with E-state index in [1.165, 1.54) is 25.7 Å². The SMILES string of the molecule is CCNC(=NCc1ccccn1)NCC1(CCOCC)CCCC1.I. The summed E-state index contributed by atoms with van der Waals surface area (Å²) in [7, 11) is 0. The van der Waals surface area contributed by atoms with E-state index < -0.39 is 0 Å². The van der Waals surface area contributed by atoms with Gasteiger partial charge in [-0.2, -0.15) is 0 Å². The lowest BCUT2D eigenvalue weighted by Gasteiger charge is -2.30. The molecule has 0 aromatic carbocycles. The van der Waals surface area contributed by atoms with Crippen LogP contribution in [0.15, 0.2) is 29.4 Å². The summed E-state index contributed by atoms with van der Waals surface area (Å²) in [4.78, 5) is 9.01. The molecule has 1 aliphatic rings. The molecule has 1 aliphatic carbocycles. The lowest BCUT2D eigenvalue weighted by molar-refractivity contribution is 0.105. The molecule has 0 atom stereocenters. The Labute approximate surface area is 169 Å². The van der Waals surface area contributed by atoms with Crippen LogP contribution in [0, 0.1) is 5.41 Å². The first-order chi connectivity index (χ1) is 11.8. The molecule has 0 amide bonds. The Hall–Kier alpha value is -0.890. The standard InChI is InChI=1S/C19H32N4O.HI/c1-3-20-18(22-15-17-9-5-8-13-21-17)23-16-19(10-6-7-11-19)12-14-24-4-2;/h5,8-9,13H,3-4,6-7,10-12,14-16H2,1-2H3,(H2,20,22,23);1H. The number of aromatic nitrogens is 1. The second-order valence-corrected chi connectivity index (χ2v) is 6.52. The monoisotopic (exact) mass is 460 g/mol. The predicted octanol–water partition coefficient (Wildman–Crippen LogP) is 3.74. The zero-order valence-corrected chi connectivity index (χ0v) is 17.9. The number of nitrogens with zero attached hydrogens (tertiary/aromatic N) is 2. The van der Waals surface area contributed by atoms with Gasteiger partial charge in [-0.25, -0.2) is 4.99 Å². The number of halogens is 1. The van der Waals surface area contributed by atoms with E-state index in [1.807, 2.05) is 24.4 Å². The lowest BCUT2D eigenvalue weighted by Crippen LogP contribution is -2.43. The second kappa shape index (κ2) is 12.5. The first-order valence-corrected chi connectivity index (χ1v) is 9.28. The van der Waals surface area contributed by atoms with Gasteiger partial charge in [0.15, 0.2) is 5.96 Å². The Morgan fingerprint density at radius 1 is 1.24 bits per heavy atom. The van der Waals surface area contributed by atoms with Gasteiger partial charge >= 0.3 is 0 Å². The summed E-state index contributed by atoms with van der Waals surface area (Å²) < 4.78 is 5.60. The number of hydrogen-bond donors (Lipinski definition) is 2. The number of rotatable bonds is 9. The molecular weight excluding hydrogens is 427 g/mol.